The number of nitrogens with one attached hydrogen (secondary N) is 1. The van der Waals surface area contributed by atoms with Crippen LogP contribution < -0.4 is 10.2 Å². The fraction of sp³-hybridized carbons (Fsp3) is 0.150. The molecule has 0 aliphatic carbocycles. The number of thiocarbonyl (C=S) groups is 1. The quantitative estimate of drug-likeness (QED) is 0.497. The summed E-state index contributed by atoms with van der Waals surface area (Å²) in [6.45, 7) is 1.71. The van der Waals surface area contributed by atoms with E-state index in [-0.39, 0.29) is 15.6 Å². The molecule has 0 spiro atoms. The van der Waals surface area contributed by atoms with Crippen LogP contribution in [0.15, 0.2) is 53.7 Å². The molecule has 1 unspecified atom stereocenters. The molecular formula is C20H17N3O5S2. The lowest BCUT2D eigenvalue weighted by Gasteiger charge is -2.16. The van der Waals surface area contributed by atoms with Gasteiger partial charge in [-0.25, -0.2) is 4.79 Å². The Bertz CT molecular complexity index is 1030. The molecule has 30 heavy (non-hydrogen) atoms. The van der Waals surface area contributed by atoms with Crippen molar-refractivity contribution in [2.24, 2.45) is 0 Å². The van der Waals surface area contributed by atoms with Crippen molar-refractivity contribution >= 4 is 52.2 Å². The van der Waals surface area contributed by atoms with Gasteiger partial charge in [-0.15, -0.1) is 0 Å². The van der Waals surface area contributed by atoms with Crippen LogP contribution in [0, 0.1) is 0 Å². The van der Waals surface area contributed by atoms with Crippen molar-refractivity contribution in [1.82, 2.24) is 15.4 Å². The molecule has 2 N–H and O–H groups in total. The lowest BCUT2D eigenvalue weighted by molar-refractivity contribution is -0.145. The van der Waals surface area contributed by atoms with Crippen molar-refractivity contribution in [2.75, 3.05) is 0 Å². The number of thioether (sulfide) groups is 1. The topological polar surface area (TPSA) is 109 Å². The third-order valence-corrected chi connectivity index (χ3v) is 5.37. The smallest absolute Gasteiger partial charge is 0.344 e. The van der Waals surface area contributed by atoms with Gasteiger partial charge < -0.3 is 9.84 Å². The largest absolute Gasteiger partial charge is 0.479 e. The molecule has 1 aromatic heterocycles. The van der Waals surface area contributed by atoms with Crippen LogP contribution in [0.25, 0.3) is 6.08 Å². The summed E-state index contributed by atoms with van der Waals surface area (Å²) in [6, 6.07) is 9.81. The highest BCUT2D eigenvalue weighted by Gasteiger charge is 2.34. The van der Waals surface area contributed by atoms with Gasteiger partial charge in [0.05, 0.1) is 4.91 Å². The summed E-state index contributed by atoms with van der Waals surface area (Å²) in [5.74, 6) is -1.73. The Labute approximate surface area is 181 Å². The minimum Gasteiger partial charge on any atom is -0.479 e. The number of aromatic nitrogens is 1. The van der Waals surface area contributed by atoms with Crippen molar-refractivity contribution < 1.29 is 24.2 Å². The maximum Gasteiger partial charge on any atom is 0.344 e. The third kappa shape index (κ3) is 4.84. The number of hydrogen-bond donors (Lipinski definition) is 2. The van der Waals surface area contributed by atoms with Crippen LogP contribution in [0.4, 0.5) is 0 Å². The standard InChI is InChI=1S/C20H17N3O5S2/c1-2-14(19(26)27)28-15-6-4-3-5-13(15)11-16-18(25)23(20(29)30-16)22-17(24)12-7-9-21-10-8-12/h3-11,14H,2H2,1H3,(H,22,24)(H,26,27)/b16-11+. The number of benzene rings is 1. The summed E-state index contributed by atoms with van der Waals surface area (Å²) in [7, 11) is 0. The summed E-state index contributed by atoms with van der Waals surface area (Å²) in [4.78, 5) is 40.5. The second-order valence-corrected chi connectivity index (χ2v) is 7.76. The SMILES string of the molecule is CCC(Oc1ccccc1/C=C1/SC(=S)N(NC(=O)c2ccncc2)C1=O)C(=O)O. The number of carboxylic acid groups (broad SMARTS) is 1. The molecule has 0 radical (unpaired) electrons. The Morgan fingerprint density at radius 1 is 1.30 bits per heavy atom. The molecule has 2 heterocycles. The molecular weight excluding hydrogens is 426 g/mol. The van der Waals surface area contributed by atoms with E-state index in [0.717, 1.165) is 16.8 Å². The van der Waals surface area contributed by atoms with E-state index in [9.17, 15) is 19.5 Å². The van der Waals surface area contributed by atoms with Gasteiger partial charge in [0.15, 0.2) is 10.4 Å². The Hall–Kier alpha value is -3.24. The average Bonchev–Trinajstić information content (AvgIpc) is 3.00. The number of carbonyl (C=O) groups excluding carboxylic acids is 2. The molecule has 154 valence electrons. The maximum absolute atomic E-state index is 12.8. The molecule has 8 nitrogen and oxygen atoms in total. The molecule has 3 rings (SSSR count). The van der Waals surface area contributed by atoms with Crippen molar-refractivity contribution in [3.63, 3.8) is 0 Å². The number of carbonyl (C=O) groups is 3. The number of ether oxygens (including phenoxy) is 1. The number of rotatable bonds is 7. The summed E-state index contributed by atoms with van der Waals surface area (Å²) in [5, 5.41) is 10.2. The number of pyridine rings is 1. The van der Waals surface area contributed by atoms with Gasteiger partial charge in [-0.05, 0) is 42.9 Å². The fourth-order valence-corrected chi connectivity index (χ4v) is 3.71. The highest BCUT2D eigenvalue weighted by Crippen LogP contribution is 2.33. The second kappa shape index (κ2) is 9.51. The van der Waals surface area contributed by atoms with Gasteiger partial charge in [-0.2, -0.15) is 5.01 Å². The van der Waals surface area contributed by atoms with Crippen molar-refractivity contribution in [1.29, 1.82) is 0 Å². The Morgan fingerprint density at radius 2 is 2.00 bits per heavy atom. The first-order valence-electron chi connectivity index (χ1n) is 8.88. The lowest BCUT2D eigenvalue weighted by atomic mass is 10.1. The zero-order chi connectivity index (χ0) is 21.7. The van der Waals surface area contributed by atoms with Crippen LogP contribution in [0.5, 0.6) is 5.75 Å². The van der Waals surface area contributed by atoms with E-state index in [4.69, 9.17) is 17.0 Å². The predicted octanol–water partition coefficient (Wildman–Crippen LogP) is 2.87. The molecule has 2 amide bonds. The molecule has 1 aromatic carbocycles. The molecule has 1 fully saturated rings. The monoisotopic (exact) mass is 443 g/mol. The van der Waals surface area contributed by atoms with Gasteiger partial charge >= 0.3 is 5.97 Å². The molecule has 1 aliphatic rings. The number of hydrazine groups is 1. The Kier molecular flexibility index (Phi) is 6.80. The molecule has 1 saturated heterocycles. The Morgan fingerprint density at radius 3 is 2.67 bits per heavy atom. The first-order chi connectivity index (χ1) is 14.4. The Balaban J connectivity index is 1.81. The van der Waals surface area contributed by atoms with E-state index in [1.807, 2.05) is 0 Å². The fourth-order valence-electron chi connectivity index (χ4n) is 2.54. The van der Waals surface area contributed by atoms with Gasteiger partial charge in [-0.3, -0.25) is 20.0 Å². The highest BCUT2D eigenvalue weighted by molar-refractivity contribution is 8.26. The second-order valence-electron chi connectivity index (χ2n) is 6.08. The van der Waals surface area contributed by atoms with Gasteiger partial charge in [-0.1, -0.05) is 36.9 Å². The molecule has 0 bridgehead atoms. The normalized spacial score (nSPS) is 15.9. The lowest BCUT2D eigenvalue weighted by Crippen LogP contribution is -2.44. The summed E-state index contributed by atoms with van der Waals surface area (Å²) in [6.07, 6.45) is 3.77. The zero-order valence-electron chi connectivity index (χ0n) is 15.8. The summed E-state index contributed by atoms with van der Waals surface area (Å²) >= 11 is 6.25. The number of nitrogens with zero attached hydrogens (tertiary/aromatic N) is 2. The summed E-state index contributed by atoms with van der Waals surface area (Å²) < 4.78 is 5.76. The van der Waals surface area contributed by atoms with Crippen LogP contribution in [-0.4, -0.2) is 43.3 Å². The predicted molar refractivity (Wildman–Crippen MR) is 116 cm³/mol. The van der Waals surface area contributed by atoms with Gasteiger partial charge in [0, 0.05) is 23.5 Å². The van der Waals surface area contributed by atoms with Crippen molar-refractivity contribution in [3.8, 4) is 5.75 Å². The first-order valence-corrected chi connectivity index (χ1v) is 10.1. The minimum atomic E-state index is -1.07. The molecule has 10 heteroatoms. The number of hydrogen-bond acceptors (Lipinski definition) is 7. The van der Waals surface area contributed by atoms with Crippen molar-refractivity contribution in [3.05, 3.63) is 64.8 Å². The van der Waals surface area contributed by atoms with E-state index in [2.05, 4.69) is 10.4 Å². The minimum absolute atomic E-state index is 0.170. The summed E-state index contributed by atoms with van der Waals surface area (Å²) in [5.41, 5.74) is 3.35. The van der Waals surface area contributed by atoms with E-state index in [1.165, 1.54) is 24.5 Å². The highest BCUT2D eigenvalue weighted by atomic mass is 32.2. The average molecular weight is 444 g/mol. The van der Waals surface area contributed by atoms with E-state index in [1.54, 1.807) is 37.3 Å². The van der Waals surface area contributed by atoms with E-state index >= 15 is 0 Å². The van der Waals surface area contributed by atoms with E-state index < -0.39 is 23.9 Å². The van der Waals surface area contributed by atoms with Crippen LogP contribution >= 0.6 is 24.0 Å². The van der Waals surface area contributed by atoms with E-state index in [0.29, 0.717) is 16.9 Å². The van der Waals surface area contributed by atoms with Crippen LogP contribution in [-0.2, 0) is 9.59 Å². The third-order valence-electron chi connectivity index (χ3n) is 4.07. The van der Waals surface area contributed by atoms with Crippen LogP contribution in [0.2, 0.25) is 0 Å². The van der Waals surface area contributed by atoms with Crippen LogP contribution in [0.1, 0.15) is 29.3 Å². The molecule has 1 aliphatic heterocycles. The van der Waals surface area contributed by atoms with Gasteiger partial charge in [0.1, 0.15) is 5.75 Å². The molecule has 0 saturated carbocycles. The number of para-hydroxylation sites is 1. The zero-order valence-corrected chi connectivity index (χ0v) is 17.4. The molecule has 1 atom stereocenters. The maximum atomic E-state index is 12.8. The van der Waals surface area contributed by atoms with Gasteiger partial charge in [0.25, 0.3) is 11.8 Å². The van der Waals surface area contributed by atoms with Crippen LogP contribution in [0.3, 0.4) is 0 Å². The number of aliphatic carboxylic acids is 1. The van der Waals surface area contributed by atoms with Crippen molar-refractivity contribution in [2.45, 2.75) is 19.4 Å². The number of amides is 2. The van der Waals surface area contributed by atoms with Gasteiger partial charge in [0.2, 0.25) is 0 Å². The molecule has 2 aromatic rings. The first kappa shape index (κ1) is 21.5. The number of carboxylic acids is 1.